The molecule has 0 aromatic carbocycles. The molecule has 1 aliphatic heterocycles. The Bertz CT molecular complexity index is 367. The Morgan fingerprint density at radius 2 is 2.20 bits per heavy atom. The SMILES string of the molecule is Cc1nc(C2CCNCC2)c(C(=O)O)o1. The van der Waals surface area contributed by atoms with Gasteiger partial charge in [-0.3, -0.25) is 0 Å². The van der Waals surface area contributed by atoms with Crippen LogP contribution in [0.25, 0.3) is 0 Å². The molecule has 15 heavy (non-hydrogen) atoms. The third-order valence-corrected chi connectivity index (χ3v) is 2.68. The molecule has 2 heterocycles. The third kappa shape index (κ3) is 2.02. The summed E-state index contributed by atoms with van der Waals surface area (Å²) in [4.78, 5) is 15.1. The summed E-state index contributed by atoms with van der Waals surface area (Å²) in [6.45, 7) is 3.50. The van der Waals surface area contributed by atoms with E-state index in [4.69, 9.17) is 9.52 Å². The first-order valence-electron chi connectivity index (χ1n) is 5.10. The number of nitrogens with one attached hydrogen (secondary N) is 1. The molecular weight excluding hydrogens is 196 g/mol. The Morgan fingerprint density at radius 1 is 1.53 bits per heavy atom. The number of carbonyl (C=O) groups is 1. The van der Waals surface area contributed by atoms with Gasteiger partial charge in [-0.05, 0) is 25.9 Å². The second-order valence-corrected chi connectivity index (χ2v) is 3.78. The standard InChI is InChI=1S/C10H14N2O3/c1-6-12-8(9(15-6)10(13)14)7-2-4-11-5-3-7/h7,11H,2-5H2,1H3,(H,13,14). The molecule has 1 fully saturated rings. The Balaban J connectivity index is 2.28. The molecule has 2 rings (SSSR count). The number of carboxylic acid groups (broad SMARTS) is 1. The quantitative estimate of drug-likeness (QED) is 0.765. The fraction of sp³-hybridized carbons (Fsp3) is 0.600. The summed E-state index contributed by atoms with van der Waals surface area (Å²) < 4.78 is 5.10. The van der Waals surface area contributed by atoms with Crippen LogP contribution in [-0.4, -0.2) is 29.1 Å². The molecule has 0 aliphatic carbocycles. The molecule has 0 bridgehead atoms. The van der Waals surface area contributed by atoms with Crippen LogP contribution in [0.4, 0.5) is 0 Å². The van der Waals surface area contributed by atoms with E-state index in [-0.39, 0.29) is 11.7 Å². The molecule has 0 spiro atoms. The Morgan fingerprint density at radius 3 is 2.80 bits per heavy atom. The highest BCUT2D eigenvalue weighted by Crippen LogP contribution is 2.27. The fourth-order valence-corrected chi connectivity index (χ4v) is 1.97. The zero-order chi connectivity index (χ0) is 10.8. The first-order chi connectivity index (χ1) is 7.18. The van der Waals surface area contributed by atoms with E-state index in [1.807, 2.05) is 0 Å². The van der Waals surface area contributed by atoms with E-state index in [9.17, 15) is 4.79 Å². The van der Waals surface area contributed by atoms with E-state index in [2.05, 4.69) is 10.3 Å². The van der Waals surface area contributed by atoms with Crippen LogP contribution in [0.2, 0.25) is 0 Å². The summed E-state index contributed by atoms with van der Waals surface area (Å²) in [5, 5.41) is 12.2. The van der Waals surface area contributed by atoms with Gasteiger partial charge >= 0.3 is 5.97 Å². The lowest BCUT2D eigenvalue weighted by molar-refractivity contribution is 0.0658. The molecule has 1 aromatic heterocycles. The fourth-order valence-electron chi connectivity index (χ4n) is 1.97. The van der Waals surface area contributed by atoms with Crippen LogP contribution in [0.15, 0.2) is 4.42 Å². The van der Waals surface area contributed by atoms with Crippen LogP contribution in [0.1, 0.15) is 40.9 Å². The molecular formula is C10H14N2O3. The van der Waals surface area contributed by atoms with Gasteiger partial charge in [0.05, 0.1) is 5.69 Å². The summed E-state index contributed by atoms with van der Waals surface area (Å²) in [6, 6.07) is 0. The van der Waals surface area contributed by atoms with E-state index in [1.54, 1.807) is 6.92 Å². The smallest absolute Gasteiger partial charge is 0.373 e. The second-order valence-electron chi connectivity index (χ2n) is 3.78. The van der Waals surface area contributed by atoms with E-state index in [0.717, 1.165) is 25.9 Å². The van der Waals surface area contributed by atoms with E-state index < -0.39 is 5.97 Å². The van der Waals surface area contributed by atoms with Crippen molar-refractivity contribution in [3.05, 3.63) is 17.3 Å². The summed E-state index contributed by atoms with van der Waals surface area (Å²) >= 11 is 0. The van der Waals surface area contributed by atoms with Gasteiger partial charge in [-0.1, -0.05) is 0 Å². The molecule has 1 aliphatic rings. The molecule has 5 nitrogen and oxygen atoms in total. The van der Waals surface area contributed by atoms with Crippen molar-refractivity contribution < 1.29 is 14.3 Å². The Labute approximate surface area is 87.5 Å². The van der Waals surface area contributed by atoms with Crippen molar-refractivity contribution >= 4 is 5.97 Å². The molecule has 82 valence electrons. The van der Waals surface area contributed by atoms with E-state index >= 15 is 0 Å². The minimum Gasteiger partial charge on any atom is -0.475 e. The lowest BCUT2D eigenvalue weighted by Gasteiger charge is -2.20. The lowest BCUT2D eigenvalue weighted by Crippen LogP contribution is -2.27. The summed E-state index contributed by atoms with van der Waals surface area (Å²) in [7, 11) is 0. The highest BCUT2D eigenvalue weighted by atomic mass is 16.4. The van der Waals surface area contributed by atoms with Crippen molar-refractivity contribution in [2.45, 2.75) is 25.7 Å². The predicted molar refractivity (Wildman–Crippen MR) is 53.0 cm³/mol. The van der Waals surface area contributed by atoms with Gasteiger partial charge in [0.25, 0.3) is 0 Å². The van der Waals surface area contributed by atoms with E-state index in [0.29, 0.717) is 11.6 Å². The van der Waals surface area contributed by atoms with Crippen LogP contribution in [0.5, 0.6) is 0 Å². The molecule has 1 saturated heterocycles. The number of oxazole rings is 1. The van der Waals surface area contributed by atoms with Gasteiger partial charge in [-0.2, -0.15) is 0 Å². The van der Waals surface area contributed by atoms with Crippen molar-refractivity contribution in [2.75, 3.05) is 13.1 Å². The number of aromatic carboxylic acids is 1. The average molecular weight is 210 g/mol. The van der Waals surface area contributed by atoms with Gasteiger partial charge < -0.3 is 14.8 Å². The maximum Gasteiger partial charge on any atom is 0.373 e. The molecule has 1 aromatic rings. The van der Waals surface area contributed by atoms with Crippen molar-refractivity contribution in [2.24, 2.45) is 0 Å². The number of nitrogens with zero attached hydrogens (tertiary/aromatic N) is 1. The number of hydrogen-bond acceptors (Lipinski definition) is 4. The lowest BCUT2D eigenvalue weighted by atomic mass is 9.93. The minimum absolute atomic E-state index is 0.0133. The van der Waals surface area contributed by atoms with Crippen molar-refractivity contribution in [3.8, 4) is 0 Å². The molecule has 5 heteroatoms. The maximum absolute atomic E-state index is 10.9. The van der Waals surface area contributed by atoms with Crippen LogP contribution in [0.3, 0.4) is 0 Å². The molecule has 0 radical (unpaired) electrons. The summed E-state index contributed by atoms with van der Waals surface area (Å²) in [5.41, 5.74) is 0.613. The molecule has 2 N–H and O–H groups in total. The highest BCUT2D eigenvalue weighted by molar-refractivity contribution is 5.85. The Hall–Kier alpha value is -1.36. The van der Waals surface area contributed by atoms with Crippen LogP contribution >= 0.6 is 0 Å². The van der Waals surface area contributed by atoms with Gasteiger partial charge in [0.1, 0.15) is 0 Å². The van der Waals surface area contributed by atoms with Crippen molar-refractivity contribution in [3.63, 3.8) is 0 Å². The monoisotopic (exact) mass is 210 g/mol. The van der Waals surface area contributed by atoms with Gasteiger partial charge in [0.2, 0.25) is 5.76 Å². The topological polar surface area (TPSA) is 75.4 Å². The number of carboxylic acids is 1. The highest BCUT2D eigenvalue weighted by Gasteiger charge is 2.26. The van der Waals surface area contributed by atoms with Crippen LogP contribution in [-0.2, 0) is 0 Å². The summed E-state index contributed by atoms with van der Waals surface area (Å²) in [5.74, 6) is -0.362. The largest absolute Gasteiger partial charge is 0.475 e. The van der Waals surface area contributed by atoms with Gasteiger partial charge in [0.15, 0.2) is 5.89 Å². The van der Waals surface area contributed by atoms with Crippen LogP contribution < -0.4 is 5.32 Å². The number of aryl methyl sites for hydroxylation is 1. The maximum atomic E-state index is 10.9. The molecule has 0 unspecified atom stereocenters. The number of piperidine rings is 1. The minimum atomic E-state index is -1.02. The normalized spacial score (nSPS) is 17.9. The Kier molecular flexibility index (Phi) is 2.73. The van der Waals surface area contributed by atoms with Crippen molar-refractivity contribution in [1.82, 2.24) is 10.3 Å². The van der Waals surface area contributed by atoms with E-state index in [1.165, 1.54) is 0 Å². The first kappa shape index (κ1) is 10.2. The van der Waals surface area contributed by atoms with Crippen LogP contribution in [0, 0.1) is 6.92 Å². The molecule has 0 saturated carbocycles. The molecule has 0 amide bonds. The second kappa shape index (κ2) is 4.02. The zero-order valence-electron chi connectivity index (χ0n) is 8.62. The zero-order valence-corrected chi connectivity index (χ0v) is 8.62. The van der Waals surface area contributed by atoms with Gasteiger partial charge in [-0.15, -0.1) is 0 Å². The first-order valence-corrected chi connectivity index (χ1v) is 5.10. The number of hydrogen-bond donors (Lipinski definition) is 2. The number of aromatic nitrogens is 1. The number of rotatable bonds is 2. The van der Waals surface area contributed by atoms with Crippen molar-refractivity contribution in [1.29, 1.82) is 0 Å². The van der Waals surface area contributed by atoms with Gasteiger partial charge in [0, 0.05) is 12.8 Å². The molecule has 0 atom stereocenters. The third-order valence-electron chi connectivity index (χ3n) is 2.68. The predicted octanol–water partition coefficient (Wildman–Crippen LogP) is 1.15. The average Bonchev–Trinajstić information content (AvgIpc) is 2.62. The summed E-state index contributed by atoms with van der Waals surface area (Å²) in [6.07, 6.45) is 1.85. The van der Waals surface area contributed by atoms with Gasteiger partial charge in [-0.25, -0.2) is 9.78 Å².